The van der Waals surface area contributed by atoms with Gasteiger partial charge in [0, 0.05) is 60.6 Å². The predicted molar refractivity (Wildman–Crippen MR) is 164 cm³/mol. The highest BCUT2D eigenvalue weighted by Gasteiger charge is 2.34. The molecule has 10 nitrogen and oxygen atoms in total. The van der Waals surface area contributed by atoms with Crippen molar-refractivity contribution in [2.24, 2.45) is 0 Å². The number of carbonyl (C=O) groups excluding carboxylic acids is 1. The lowest BCUT2D eigenvalue weighted by atomic mass is 9.99. The summed E-state index contributed by atoms with van der Waals surface area (Å²) in [4.78, 5) is 34.7. The number of amides is 1. The molecular formula is C32H40N8O2. The largest absolute Gasteiger partial charge is 0.462 e. The maximum atomic E-state index is 12.5. The first-order valence-corrected chi connectivity index (χ1v) is 15.0. The zero-order chi connectivity index (χ0) is 29.4. The number of nitriles is 1. The molecule has 2 fully saturated rings. The molecule has 2 unspecified atom stereocenters. The minimum atomic E-state index is -0.228. The molecule has 6 rings (SSSR count). The number of carbonyl (C=O) groups is 1. The average molecular weight is 569 g/mol. The van der Waals surface area contributed by atoms with E-state index in [1.165, 1.54) is 34.7 Å². The van der Waals surface area contributed by atoms with Gasteiger partial charge >= 0.3 is 6.01 Å². The van der Waals surface area contributed by atoms with Gasteiger partial charge in [-0.3, -0.25) is 4.79 Å². The van der Waals surface area contributed by atoms with Crippen LogP contribution in [0.2, 0.25) is 0 Å². The second-order valence-corrected chi connectivity index (χ2v) is 11.8. The van der Waals surface area contributed by atoms with Crippen molar-refractivity contribution in [3.63, 3.8) is 0 Å². The van der Waals surface area contributed by atoms with Crippen LogP contribution < -0.4 is 14.5 Å². The first-order valence-electron chi connectivity index (χ1n) is 15.0. The molecule has 3 aliphatic rings. The number of hydrogen-bond donors (Lipinski definition) is 1. The molecule has 2 aromatic heterocycles. The molecule has 0 saturated carbocycles. The molecule has 2 atom stereocenters. The van der Waals surface area contributed by atoms with Gasteiger partial charge in [0.25, 0.3) is 0 Å². The topological polar surface area (TPSA) is 105 Å². The Kier molecular flexibility index (Phi) is 7.78. The van der Waals surface area contributed by atoms with E-state index in [1.807, 2.05) is 6.20 Å². The Labute approximate surface area is 247 Å². The first-order chi connectivity index (χ1) is 20.4. The van der Waals surface area contributed by atoms with E-state index in [4.69, 9.17) is 14.7 Å². The minimum absolute atomic E-state index is 0.135. The van der Waals surface area contributed by atoms with Gasteiger partial charge in [-0.25, -0.2) is 0 Å². The zero-order valence-electron chi connectivity index (χ0n) is 24.9. The lowest BCUT2D eigenvalue weighted by molar-refractivity contribution is -0.128. The van der Waals surface area contributed by atoms with E-state index in [-0.39, 0.29) is 18.4 Å². The number of ether oxygens (including phenoxy) is 1. The van der Waals surface area contributed by atoms with E-state index in [2.05, 4.69) is 65.4 Å². The van der Waals surface area contributed by atoms with Crippen LogP contribution in [0.25, 0.3) is 10.9 Å². The highest BCUT2D eigenvalue weighted by atomic mass is 16.5. The van der Waals surface area contributed by atoms with E-state index < -0.39 is 0 Å². The van der Waals surface area contributed by atoms with Crippen molar-refractivity contribution in [1.82, 2.24) is 24.8 Å². The van der Waals surface area contributed by atoms with Gasteiger partial charge in [0.15, 0.2) is 0 Å². The van der Waals surface area contributed by atoms with Gasteiger partial charge in [0.05, 0.1) is 30.8 Å². The van der Waals surface area contributed by atoms with Gasteiger partial charge in [0.2, 0.25) is 5.91 Å². The smallest absolute Gasteiger partial charge is 0.318 e. The summed E-state index contributed by atoms with van der Waals surface area (Å²) in [6.07, 6.45) is 6.68. The van der Waals surface area contributed by atoms with Gasteiger partial charge in [-0.2, -0.15) is 15.2 Å². The monoisotopic (exact) mass is 568 g/mol. The second-order valence-electron chi connectivity index (χ2n) is 11.8. The standard InChI is InChI=1S/C32H40N8O2/c1-5-29(41)40-16-15-39(18-23(40)8-11-33)31-26-10-14-38(30-22(3)21(2)17-27-25(30)9-12-34-27)19-28(26)35-32(36-31)42-20-24-7-6-13-37(24)4/h5,9,12,17,23-24,34H,1,6-8,10,13-16,18-20H2,2-4H3. The lowest BCUT2D eigenvalue weighted by Crippen LogP contribution is -2.55. The molecule has 3 aliphatic heterocycles. The zero-order valence-corrected chi connectivity index (χ0v) is 24.9. The molecule has 1 aromatic carbocycles. The third-order valence-corrected chi connectivity index (χ3v) is 9.32. The molecule has 3 aromatic rings. The summed E-state index contributed by atoms with van der Waals surface area (Å²) in [5.41, 5.74) is 7.04. The maximum absolute atomic E-state index is 12.5. The summed E-state index contributed by atoms with van der Waals surface area (Å²) in [5, 5.41) is 10.7. The number of likely N-dealkylation sites (tertiary alicyclic amines) is 1. The van der Waals surface area contributed by atoms with Crippen LogP contribution in [0.15, 0.2) is 31.0 Å². The average Bonchev–Trinajstić information content (AvgIpc) is 3.63. The van der Waals surface area contributed by atoms with Gasteiger partial charge in [-0.1, -0.05) is 6.58 Å². The van der Waals surface area contributed by atoms with Crippen LogP contribution >= 0.6 is 0 Å². The van der Waals surface area contributed by atoms with Gasteiger partial charge in [0.1, 0.15) is 12.4 Å². The van der Waals surface area contributed by atoms with Crippen LogP contribution in [0.3, 0.4) is 0 Å². The summed E-state index contributed by atoms with van der Waals surface area (Å²) < 4.78 is 6.31. The SMILES string of the molecule is C=CC(=O)N1CCN(c2nc(OCC3CCCN3C)nc3c2CCN(c2c(C)c(C)cc4[nH]ccc24)C3)CC1CC#N. The van der Waals surface area contributed by atoms with E-state index in [9.17, 15) is 10.1 Å². The molecule has 0 spiro atoms. The summed E-state index contributed by atoms with van der Waals surface area (Å²) in [6, 6.07) is 7.17. The number of benzene rings is 1. The van der Waals surface area contributed by atoms with Crippen molar-refractivity contribution in [2.45, 2.75) is 58.2 Å². The molecule has 2 saturated heterocycles. The van der Waals surface area contributed by atoms with Crippen molar-refractivity contribution in [3.05, 3.63) is 53.4 Å². The van der Waals surface area contributed by atoms with Crippen molar-refractivity contribution >= 4 is 28.3 Å². The first kappa shape index (κ1) is 28.0. The number of piperazine rings is 1. The van der Waals surface area contributed by atoms with Crippen LogP contribution in [0.5, 0.6) is 6.01 Å². The quantitative estimate of drug-likeness (QED) is 0.430. The number of likely N-dealkylation sites (N-methyl/N-ethyl adjacent to an activating group) is 1. The van der Waals surface area contributed by atoms with Crippen LogP contribution in [-0.4, -0.2) is 89.1 Å². The second kappa shape index (κ2) is 11.6. The Balaban J connectivity index is 1.35. The number of nitrogens with one attached hydrogen (secondary N) is 1. The van der Waals surface area contributed by atoms with Crippen molar-refractivity contribution in [3.8, 4) is 12.1 Å². The number of rotatable bonds is 7. The third kappa shape index (κ3) is 5.18. The van der Waals surface area contributed by atoms with Gasteiger partial charge in [-0.15, -0.1) is 0 Å². The van der Waals surface area contributed by atoms with Crippen molar-refractivity contribution in [1.29, 1.82) is 5.26 Å². The highest BCUT2D eigenvalue weighted by molar-refractivity contribution is 5.95. The van der Waals surface area contributed by atoms with Gasteiger partial charge in [-0.05, 0) is 76.0 Å². The third-order valence-electron chi connectivity index (χ3n) is 9.32. The Hall–Kier alpha value is -4.10. The lowest BCUT2D eigenvalue weighted by Gasteiger charge is -2.42. The molecule has 0 radical (unpaired) electrons. The normalized spacial score (nSPS) is 21.0. The summed E-state index contributed by atoms with van der Waals surface area (Å²) in [5.74, 6) is 0.736. The minimum Gasteiger partial charge on any atom is -0.462 e. The molecule has 0 aliphatic carbocycles. The molecular weight excluding hydrogens is 528 g/mol. The number of aryl methyl sites for hydroxylation is 1. The Morgan fingerprint density at radius 2 is 2.07 bits per heavy atom. The fourth-order valence-electron chi connectivity index (χ4n) is 6.83. The van der Waals surface area contributed by atoms with E-state index in [0.717, 1.165) is 48.5 Å². The summed E-state index contributed by atoms with van der Waals surface area (Å²) in [6.45, 7) is 12.8. The number of hydrogen-bond acceptors (Lipinski definition) is 8. The fraction of sp³-hybridized carbons (Fsp3) is 0.500. The summed E-state index contributed by atoms with van der Waals surface area (Å²) >= 11 is 0. The molecule has 1 N–H and O–H groups in total. The fourth-order valence-corrected chi connectivity index (χ4v) is 6.83. The molecule has 220 valence electrons. The van der Waals surface area contributed by atoms with E-state index in [0.29, 0.717) is 44.8 Å². The molecule has 5 heterocycles. The molecule has 42 heavy (non-hydrogen) atoms. The van der Waals surface area contributed by atoms with E-state index in [1.54, 1.807) is 4.90 Å². The highest BCUT2D eigenvalue weighted by Crippen LogP contribution is 2.37. The maximum Gasteiger partial charge on any atom is 0.318 e. The summed E-state index contributed by atoms with van der Waals surface area (Å²) in [7, 11) is 2.14. The Bertz CT molecular complexity index is 1540. The number of fused-ring (bicyclic) bond motifs is 2. The molecule has 0 bridgehead atoms. The number of nitrogens with zero attached hydrogens (tertiary/aromatic N) is 7. The number of aromatic amines is 1. The molecule has 10 heteroatoms. The van der Waals surface area contributed by atoms with Crippen LogP contribution in [0, 0.1) is 25.2 Å². The number of aromatic nitrogens is 3. The Morgan fingerprint density at radius 3 is 2.83 bits per heavy atom. The predicted octanol–water partition coefficient (Wildman–Crippen LogP) is 3.73. The number of H-pyrrole nitrogens is 1. The van der Waals surface area contributed by atoms with Gasteiger partial charge < -0.3 is 29.3 Å². The van der Waals surface area contributed by atoms with Crippen LogP contribution in [-0.2, 0) is 17.8 Å². The van der Waals surface area contributed by atoms with E-state index >= 15 is 0 Å². The Morgan fingerprint density at radius 1 is 1.21 bits per heavy atom. The number of anilines is 2. The molecule has 1 amide bonds. The van der Waals surface area contributed by atoms with Crippen LogP contribution in [0.1, 0.15) is 41.6 Å². The van der Waals surface area contributed by atoms with Crippen molar-refractivity contribution in [2.75, 3.05) is 56.2 Å². The van der Waals surface area contributed by atoms with Crippen LogP contribution in [0.4, 0.5) is 11.5 Å². The van der Waals surface area contributed by atoms with Crippen molar-refractivity contribution < 1.29 is 9.53 Å².